The highest BCUT2D eigenvalue weighted by Crippen LogP contribution is 2.38. The van der Waals surface area contributed by atoms with Crippen LogP contribution in [0.2, 0.25) is 0 Å². The highest BCUT2D eigenvalue weighted by molar-refractivity contribution is 7.85. The fraction of sp³-hybridized carbons (Fsp3) is 0.364. The van der Waals surface area contributed by atoms with Gasteiger partial charge in [-0.3, -0.25) is 9.35 Å². The van der Waals surface area contributed by atoms with Crippen molar-refractivity contribution in [3.8, 4) is 0 Å². The Labute approximate surface area is 99.6 Å². The predicted octanol–water partition coefficient (Wildman–Crippen LogP) is 1.55. The monoisotopic (exact) mass is 255 g/mol. The lowest BCUT2D eigenvalue weighted by atomic mass is 9.78. The van der Waals surface area contributed by atoms with Crippen molar-refractivity contribution in [2.75, 3.05) is 5.32 Å². The zero-order chi connectivity index (χ0) is 12.8. The van der Waals surface area contributed by atoms with Gasteiger partial charge in [-0.15, -0.1) is 0 Å². The Kier molecular flexibility index (Phi) is 2.52. The summed E-state index contributed by atoms with van der Waals surface area (Å²) in [7, 11) is -4.21. The molecule has 0 radical (unpaired) electrons. The van der Waals surface area contributed by atoms with Crippen molar-refractivity contribution < 1.29 is 17.8 Å². The van der Waals surface area contributed by atoms with E-state index in [0.717, 1.165) is 0 Å². The average molecular weight is 255 g/mol. The van der Waals surface area contributed by atoms with Crippen LogP contribution in [0, 0.1) is 0 Å². The van der Waals surface area contributed by atoms with Crippen molar-refractivity contribution >= 4 is 21.7 Å². The second-order valence-corrected chi connectivity index (χ2v) is 6.21. The molecule has 0 spiro atoms. The first-order chi connectivity index (χ1) is 7.70. The van der Waals surface area contributed by atoms with Crippen molar-refractivity contribution in [1.82, 2.24) is 0 Å². The maximum absolute atomic E-state index is 11.4. The zero-order valence-corrected chi connectivity index (χ0v) is 10.3. The van der Waals surface area contributed by atoms with E-state index in [-0.39, 0.29) is 17.2 Å². The molecule has 1 aliphatic heterocycles. The van der Waals surface area contributed by atoms with Crippen LogP contribution in [0.15, 0.2) is 23.1 Å². The van der Waals surface area contributed by atoms with Gasteiger partial charge in [-0.05, 0) is 23.8 Å². The number of hydrogen-bond acceptors (Lipinski definition) is 3. The number of fused-ring (bicyclic) bond motifs is 1. The van der Waals surface area contributed by atoms with Crippen LogP contribution in [0.1, 0.15) is 25.8 Å². The lowest BCUT2D eigenvalue weighted by molar-refractivity contribution is -0.117. The number of hydrogen-bond donors (Lipinski definition) is 2. The van der Waals surface area contributed by atoms with Crippen LogP contribution < -0.4 is 5.32 Å². The molecule has 0 saturated heterocycles. The first-order valence-corrected chi connectivity index (χ1v) is 6.56. The van der Waals surface area contributed by atoms with E-state index in [2.05, 4.69) is 5.32 Å². The Morgan fingerprint density at radius 3 is 2.59 bits per heavy atom. The van der Waals surface area contributed by atoms with Crippen molar-refractivity contribution in [1.29, 1.82) is 0 Å². The van der Waals surface area contributed by atoms with Gasteiger partial charge >= 0.3 is 0 Å². The van der Waals surface area contributed by atoms with Crippen molar-refractivity contribution in [3.05, 3.63) is 23.8 Å². The number of rotatable bonds is 1. The quantitative estimate of drug-likeness (QED) is 0.746. The SMILES string of the molecule is CC1(C)CC(=O)Nc2ccc(S(=O)(=O)O)cc21. The molecule has 1 aromatic carbocycles. The third-order valence-electron chi connectivity index (χ3n) is 2.89. The summed E-state index contributed by atoms with van der Waals surface area (Å²) in [6.45, 7) is 3.72. The molecule has 1 aromatic rings. The second-order valence-electron chi connectivity index (χ2n) is 4.79. The molecule has 0 unspecified atom stereocenters. The van der Waals surface area contributed by atoms with E-state index < -0.39 is 15.5 Å². The molecule has 92 valence electrons. The van der Waals surface area contributed by atoms with Gasteiger partial charge in [0.15, 0.2) is 0 Å². The fourth-order valence-electron chi connectivity index (χ4n) is 2.04. The molecule has 2 N–H and O–H groups in total. The number of carbonyl (C=O) groups is 1. The number of nitrogens with one attached hydrogen (secondary N) is 1. The van der Waals surface area contributed by atoms with Crippen LogP contribution in [0.5, 0.6) is 0 Å². The highest BCUT2D eigenvalue weighted by Gasteiger charge is 2.32. The Morgan fingerprint density at radius 2 is 2.00 bits per heavy atom. The van der Waals surface area contributed by atoms with Crippen molar-refractivity contribution in [3.63, 3.8) is 0 Å². The van der Waals surface area contributed by atoms with Gasteiger partial charge in [-0.25, -0.2) is 0 Å². The normalized spacial score (nSPS) is 18.4. The molecule has 0 bridgehead atoms. The molecular weight excluding hydrogens is 242 g/mol. The van der Waals surface area contributed by atoms with Gasteiger partial charge in [0.05, 0.1) is 4.90 Å². The molecule has 0 aromatic heterocycles. The van der Waals surface area contributed by atoms with Gasteiger partial charge in [-0.1, -0.05) is 13.8 Å². The van der Waals surface area contributed by atoms with Crippen molar-refractivity contribution in [2.45, 2.75) is 30.6 Å². The first kappa shape index (κ1) is 12.1. The van der Waals surface area contributed by atoms with Crippen LogP contribution in [0.25, 0.3) is 0 Å². The third kappa shape index (κ3) is 2.18. The van der Waals surface area contributed by atoms with E-state index >= 15 is 0 Å². The minimum absolute atomic E-state index is 0.0953. The summed E-state index contributed by atoms with van der Waals surface area (Å²) >= 11 is 0. The van der Waals surface area contributed by atoms with E-state index in [4.69, 9.17) is 4.55 Å². The molecule has 1 aliphatic rings. The van der Waals surface area contributed by atoms with Crippen LogP contribution >= 0.6 is 0 Å². The van der Waals surface area contributed by atoms with Crippen LogP contribution in [0.3, 0.4) is 0 Å². The summed E-state index contributed by atoms with van der Waals surface area (Å²) in [4.78, 5) is 11.3. The lowest BCUT2D eigenvalue weighted by Gasteiger charge is -2.32. The van der Waals surface area contributed by atoms with Crippen LogP contribution in [-0.2, 0) is 20.3 Å². The van der Waals surface area contributed by atoms with Gasteiger partial charge in [-0.2, -0.15) is 8.42 Å². The minimum atomic E-state index is -4.21. The van der Waals surface area contributed by atoms with Gasteiger partial charge in [0.25, 0.3) is 10.1 Å². The Bertz CT molecular complexity index is 589. The minimum Gasteiger partial charge on any atom is -0.326 e. The van der Waals surface area contributed by atoms with E-state index in [9.17, 15) is 13.2 Å². The lowest BCUT2D eigenvalue weighted by Crippen LogP contribution is -2.32. The molecule has 2 rings (SSSR count). The predicted molar refractivity (Wildman–Crippen MR) is 62.5 cm³/mol. The molecule has 0 atom stereocenters. The van der Waals surface area contributed by atoms with Gasteiger partial charge in [0.2, 0.25) is 5.91 Å². The standard InChI is InChI=1S/C11H13NO4S/c1-11(2)6-10(13)12-9-4-3-7(5-8(9)11)17(14,15)16/h3-5H,6H2,1-2H3,(H,12,13)(H,14,15,16). The molecule has 1 amide bonds. The highest BCUT2D eigenvalue weighted by atomic mass is 32.2. The smallest absolute Gasteiger partial charge is 0.294 e. The number of anilines is 1. The van der Waals surface area contributed by atoms with Crippen LogP contribution in [-0.4, -0.2) is 18.9 Å². The van der Waals surface area contributed by atoms with Gasteiger partial charge in [0, 0.05) is 17.5 Å². The summed E-state index contributed by atoms with van der Waals surface area (Å²) in [6, 6.07) is 4.18. The first-order valence-electron chi connectivity index (χ1n) is 5.12. The fourth-order valence-corrected chi connectivity index (χ4v) is 2.55. The average Bonchev–Trinajstić information content (AvgIpc) is 2.13. The maximum Gasteiger partial charge on any atom is 0.294 e. The van der Waals surface area contributed by atoms with E-state index in [1.54, 1.807) is 0 Å². The molecule has 0 saturated carbocycles. The zero-order valence-electron chi connectivity index (χ0n) is 9.52. The Hall–Kier alpha value is -1.40. The number of amides is 1. The van der Waals surface area contributed by atoms with E-state index in [1.807, 2.05) is 13.8 Å². The third-order valence-corrected chi connectivity index (χ3v) is 3.74. The molecule has 0 fully saturated rings. The van der Waals surface area contributed by atoms with Gasteiger partial charge < -0.3 is 5.32 Å². The number of carbonyl (C=O) groups excluding carboxylic acids is 1. The van der Waals surface area contributed by atoms with Gasteiger partial charge in [0.1, 0.15) is 0 Å². The molecule has 1 heterocycles. The number of benzene rings is 1. The topological polar surface area (TPSA) is 83.5 Å². The summed E-state index contributed by atoms with van der Waals surface area (Å²) in [5, 5.41) is 2.68. The molecule has 6 heteroatoms. The molecule has 0 aliphatic carbocycles. The molecule has 5 nitrogen and oxygen atoms in total. The summed E-state index contributed by atoms with van der Waals surface area (Å²) in [5.74, 6) is -0.0953. The largest absolute Gasteiger partial charge is 0.326 e. The molecule has 17 heavy (non-hydrogen) atoms. The summed E-state index contributed by atoms with van der Waals surface area (Å²) < 4.78 is 31.1. The summed E-state index contributed by atoms with van der Waals surface area (Å²) in [5.41, 5.74) is 0.865. The van der Waals surface area contributed by atoms with Crippen molar-refractivity contribution in [2.24, 2.45) is 0 Å². The van der Waals surface area contributed by atoms with E-state index in [1.165, 1.54) is 18.2 Å². The summed E-state index contributed by atoms with van der Waals surface area (Å²) in [6.07, 6.45) is 0.287. The Morgan fingerprint density at radius 1 is 1.35 bits per heavy atom. The van der Waals surface area contributed by atoms with E-state index in [0.29, 0.717) is 11.3 Å². The Balaban J connectivity index is 2.63. The second kappa shape index (κ2) is 3.54. The molecular formula is C11H13NO4S. The van der Waals surface area contributed by atoms with Crippen LogP contribution in [0.4, 0.5) is 5.69 Å². The maximum atomic E-state index is 11.4.